The molecule has 0 aliphatic carbocycles. The van der Waals surface area contributed by atoms with Crippen molar-refractivity contribution in [1.29, 1.82) is 0 Å². The van der Waals surface area contributed by atoms with Crippen LogP contribution in [0.2, 0.25) is 5.15 Å². The van der Waals surface area contributed by atoms with Crippen LogP contribution in [0.3, 0.4) is 0 Å². The summed E-state index contributed by atoms with van der Waals surface area (Å²) in [7, 11) is 1.77. The number of anilines is 1. The van der Waals surface area contributed by atoms with Gasteiger partial charge in [0.25, 0.3) is 0 Å². The predicted octanol–water partition coefficient (Wildman–Crippen LogP) is 4.40. The molecule has 3 aromatic rings. The summed E-state index contributed by atoms with van der Waals surface area (Å²) in [6.07, 6.45) is 6.33. The number of amides is 1. The van der Waals surface area contributed by atoms with Crippen LogP contribution in [0.25, 0.3) is 17.0 Å². The first-order valence-electron chi connectivity index (χ1n) is 8.26. The van der Waals surface area contributed by atoms with Crippen LogP contribution in [0, 0.1) is 6.92 Å². The third-order valence-electron chi connectivity index (χ3n) is 4.10. The highest BCUT2D eigenvalue weighted by atomic mass is 35.5. The third-order valence-corrected chi connectivity index (χ3v) is 4.55. The summed E-state index contributed by atoms with van der Waals surface area (Å²) in [6, 6.07) is 8.00. The largest absolute Gasteiger partial charge is 0.347 e. The number of rotatable bonds is 5. The lowest BCUT2D eigenvalue weighted by atomic mass is 10.2. The van der Waals surface area contributed by atoms with Gasteiger partial charge in [0.05, 0.1) is 5.69 Å². The molecule has 1 N–H and O–H groups in total. The zero-order chi connectivity index (χ0) is 18.0. The first-order chi connectivity index (χ1) is 12.0. The van der Waals surface area contributed by atoms with Gasteiger partial charge in [-0.05, 0) is 43.7 Å². The van der Waals surface area contributed by atoms with E-state index in [-0.39, 0.29) is 5.91 Å². The zero-order valence-corrected chi connectivity index (χ0v) is 15.3. The maximum absolute atomic E-state index is 12.2. The molecule has 6 heteroatoms. The molecule has 0 bridgehead atoms. The number of carbonyl (C=O) groups is 1. The van der Waals surface area contributed by atoms with Crippen LogP contribution < -0.4 is 5.32 Å². The minimum absolute atomic E-state index is 0.202. The van der Waals surface area contributed by atoms with E-state index in [1.807, 2.05) is 25.1 Å². The van der Waals surface area contributed by atoms with Crippen molar-refractivity contribution in [3.63, 3.8) is 0 Å². The van der Waals surface area contributed by atoms with E-state index in [4.69, 9.17) is 11.6 Å². The summed E-state index contributed by atoms with van der Waals surface area (Å²) in [4.78, 5) is 12.2. The Hall–Kier alpha value is -2.53. The van der Waals surface area contributed by atoms with E-state index >= 15 is 0 Å². The lowest BCUT2D eigenvalue weighted by Crippen LogP contribution is -2.07. The Morgan fingerprint density at radius 3 is 2.84 bits per heavy atom. The number of hydrogen-bond donors (Lipinski definition) is 1. The molecule has 3 rings (SSSR count). The number of nitrogens with zero attached hydrogens (tertiary/aromatic N) is 3. The number of halogens is 1. The Labute approximate surface area is 151 Å². The van der Waals surface area contributed by atoms with Gasteiger partial charge in [-0.25, -0.2) is 0 Å². The van der Waals surface area contributed by atoms with Crippen LogP contribution in [-0.4, -0.2) is 20.3 Å². The summed E-state index contributed by atoms with van der Waals surface area (Å²) in [5, 5.41) is 8.74. The van der Waals surface area contributed by atoms with Crippen molar-refractivity contribution in [1.82, 2.24) is 14.3 Å². The highest BCUT2D eigenvalue weighted by Crippen LogP contribution is 2.22. The van der Waals surface area contributed by atoms with E-state index in [9.17, 15) is 4.79 Å². The molecule has 0 atom stereocenters. The van der Waals surface area contributed by atoms with Crippen LogP contribution in [0.1, 0.15) is 24.6 Å². The summed E-state index contributed by atoms with van der Waals surface area (Å²) in [5.41, 5.74) is 3.49. The van der Waals surface area contributed by atoms with Gasteiger partial charge in [0.15, 0.2) is 0 Å². The number of aromatic nitrogens is 3. The molecule has 0 saturated heterocycles. The normalized spacial score (nSPS) is 11.5. The van der Waals surface area contributed by atoms with Crippen LogP contribution in [-0.2, 0) is 18.4 Å². The van der Waals surface area contributed by atoms with Gasteiger partial charge in [-0.3, -0.25) is 9.48 Å². The van der Waals surface area contributed by atoms with E-state index < -0.39 is 0 Å². The number of nitrogens with one attached hydrogen (secondary N) is 1. The van der Waals surface area contributed by atoms with E-state index in [1.54, 1.807) is 17.8 Å². The quantitative estimate of drug-likeness (QED) is 0.689. The lowest BCUT2D eigenvalue weighted by molar-refractivity contribution is -0.111. The summed E-state index contributed by atoms with van der Waals surface area (Å²) < 4.78 is 3.80. The highest BCUT2D eigenvalue weighted by Gasteiger charge is 2.09. The van der Waals surface area contributed by atoms with E-state index in [0.717, 1.165) is 35.3 Å². The summed E-state index contributed by atoms with van der Waals surface area (Å²) in [5.74, 6) is -0.202. The van der Waals surface area contributed by atoms with Crippen LogP contribution in [0.15, 0.2) is 36.5 Å². The Morgan fingerprint density at radius 1 is 1.36 bits per heavy atom. The molecule has 130 valence electrons. The van der Waals surface area contributed by atoms with Crippen molar-refractivity contribution < 1.29 is 4.79 Å². The third kappa shape index (κ3) is 3.61. The van der Waals surface area contributed by atoms with E-state index in [0.29, 0.717) is 5.15 Å². The maximum atomic E-state index is 12.2. The van der Waals surface area contributed by atoms with E-state index in [2.05, 4.69) is 34.2 Å². The van der Waals surface area contributed by atoms with Gasteiger partial charge in [0.1, 0.15) is 5.15 Å². The number of fused-ring (bicyclic) bond motifs is 1. The fourth-order valence-corrected chi connectivity index (χ4v) is 3.13. The fraction of sp³-hybridized carbons (Fsp3) is 0.263. The molecule has 0 fully saturated rings. The van der Waals surface area contributed by atoms with Gasteiger partial charge < -0.3 is 9.88 Å². The van der Waals surface area contributed by atoms with Gasteiger partial charge in [0.2, 0.25) is 5.91 Å². The monoisotopic (exact) mass is 356 g/mol. The zero-order valence-electron chi connectivity index (χ0n) is 14.6. The number of hydrogen-bond acceptors (Lipinski definition) is 2. The molecular weight excluding hydrogens is 336 g/mol. The molecule has 0 unspecified atom stereocenters. The maximum Gasteiger partial charge on any atom is 0.248 e. The van der Waals surface area contributed by atoms with Gasteiger partial charge in [0, 0.05) is 48.0 Å². The molecule has 0 aliphatic rings. The standard InChI is InChI=1S/C19H21ClN4O/c1-4-10-24-11-9-14-12-15(5-7-17(14)24)21-18(25)8-6-16-13(2)22-23(3)19(16)20/h5-9,11-12H,4,10H2,1-3H3,(H,21,25). The average molecular weight is 357 g/mol. The smallest absolute Gasteiger partial charge is 0.248 e. The first-order valence-corrected chi connectivity index (χ1v) is 8.64. The van der Waals surface area contributed by atoms with Crippen molar-refractivity contribution in [2.45, 2.75) is 26.8 Å². The minimum atomic E-state index is -0.202. The van der Waals surface area contributed by atoms with Gasteiger partial charge in [-0.1, -0.05) is 18.5 Å². The first kappa shape index (κ1) is 17.3. The molecule has 1 aromatic carbocycles. The predicted molar refractivity (Wildman–Crippen MR) is 103 cm³/mol. The molecule has 0 aliphatic heterocycles. The van der Waals surface area contributed by atoms with E-state index in [1.165, 1.54) is 11.6 Å². The van der Waals surface area contributed by atoms with Crippen LogP contribution in [0.5, 0.6) is 0 Å². The second-order valence-electron chi connectivity index (χ2n) is 6.02. The molecule has 0 saturated carbocycles. The van der Waals surface area contributed by atoms with Crippen molar-refractivity contribution in [3.8, 4) is 0 Å². The summed E-state index contributed by atoms with van der Waals surface area (Å²) in [6.45, 7) is 5.00. The van der Waals surface area contributed by atoms with Crippen LogP contribution in [0.4, 0.5) is 5.69 Å². The van der Waals surface area contributed by atoms with Gasteiger partial charge in [-0.2, -0.15) is 5.10 Å². The van der Waals surface area contributed by atoms with Crippen molar-refractivity contribution in [2.75, 3.05) is 5.32 Å². The second kappa shape index (κ2) is 7.15. The molecule has 2 heterocycles. The Kier molecular flexibility index (Phi) is 4.95. The van der Waals surface area contributed by atoms with Gasteiger partial charge >= 0.3 is 0 Å². The Morgan fingerprint density at radius 2 is 2.16 bits per heavy atom. The fourth-order valence-electron chi connectivity index (χ4n) is 2.89. The van der Waals surface area contributed by atoms with Crippen molar-refractivity contribution >= 4 is 40.2 Å². The van der Waals surface area contributed by atoms with Crippen molar-refractivity contribution in [2.24, 2.45) is 7.05 Å². The highest BCUT2D eigenvalue weighted by molar-refractivity contribution is 6.31. The summed E-state index contributed by atoms with van der Waals surface area (Å²) >= 11 is 6.17. The SMILES string of the molecule is CCCn1ccc2cc(NC(=O)C=Cc3c(C)nn(C)c3Cl)ccc21. The molecule has 0 spiro atoms. The second-order valence-corrected chi connectivity index (χ2v) is 6.38. The molecule has 0 radical (unpaired) electrons. The van der Waals surface area contributed by atoms with Gasteiger partial charge in [-0.15, -0.1) is 0 Å². The number of benzene rings is 1. The van der Waals surface area contributed by atoms with Crippen molar-refractivity contribution in [3.05, 3.63) is 52.9 Å². The Bertz CT molecular complexity index is 952. The number of aryl methyl sites for hydroxylation is 3. The topological polar surface area (TPSA) is 51.9 Å². The lowest BCUT2D eigenvalue weighted by Gasteiger charge is -2.05. The molecule has 5 nitrogen and oxygen atoms in total. The van der Waals surface area contributed by atoms with Crippen LogP contribution >= 0.6 is 11.6 Å². The average Bonchev–Trinajstić information content (AvgIpc) is 3.07. The molecule has 25 heavy (non-hydrogen) atoms. The number of carbonyl (C=O) groups excluding carboxylic acids is 1. The minimum Gasteiger partial charge on any atom is -0.347 e. The molecular formula is C19H21ClN4O. The molecule has 1 amide bonds. The molecule has 2 aromatic heterocycles. The Balaban J connectivity index is 1.74.